The highest BCUT2D eigenvalue weighted by atomic mass is 15.2. The van der Waals surface area contributed by atoms with E-state index in [-0.39, 0.29) is 0 Å². The first-order valence-electron chi connectivity index (χ1n) is 6.56. The van der Waals surface area contributed by atoms with Crippen LogP contribution >= 0.6 is 0 Å². The van der Waals surface area contributed by atoms with Crippen molar-refractivity contribution >= 4 is 0 Å². The van der Waals surface area contributed by atoms with Gasteiger partial charge in [0.25, 0.3) is 0 Å². The normalized spacial score (nSPS) is 32.8. The minimum atomic E-state index is 0.873. The van der Waals surface area contributed by atoms with E-state index in [2.05, 4.69) is 30.7 Å². The lowest BCUT2D eigenvalue weighted by Gasteiger charge is -2.19. The maximum absolute atomic E-state index is 2.70. The molecule has 0 N–H and O–H groups in total. The number of hydrogen-bond acceptors (Lipinski definition) is 2. The zero-order chi connectivity index (χ0) is 10.8. The molecule has 2 heteroatoms. The van der Waals surface area contributed by atoms with Crippen LogP contribution in [0.15, 0.2) is 0 Å². The van der Waals surface area contributed by atoms with Crippen molar-refractivity contribution in [2.75, 3.05) is 39.8 Å². The molecular formula is C13H26N2. The van der Waals surface area contributed by atoms with Crippen LogP contribution in [0.2, 0.25) is 0 Å². The predicted octanol–water partition coefficient (Wildman–Crippen LogP) is 1.92. The van der Waals surface area contributed by atoms with E-state index in [4.69, 9.17) is 0 Å². The molecule has 15 heavy (non-hydrogen) atoms. The first-order chi connectivity index (χ1) is 7.15. The Labute approximate surface area is 94.6 Å². The zero-order valence-electron chi connectivity index (χ0n) is 10.6. The third-order valence-electron chi connectivity index (χ3n) is 4.00. The van der Waals surface area contributed by atoms with Crippen LogP contribution in [0.5, 0.6) is 0 Å². The van der Waals surface area contributed by atoms with Gasteiger partial charge >= 0.3 is 0 Å². The van der Waals surface area contributed by atoms with Crippen molar-refractivity contribution in [1.29, 1.82) is 0 Å². The van der Waals surface area contributed by atoms with Crippen molar-refractivity contribution in [3.8, 4) is 0 Å². The number of fused-ring (bicyclic) bond motifs is 1. The Hall–Kier alpha value is -0.0800. The Balaban J connectivity index is 1.66. The number of rotatable bonds is 4. The maximum Gasteiger partial charge on any atom is 0.00256 e. The summed E-state index contributed by atoms with van der Waals surface area (Å²) in [6.07, 6.45) is 2.79. The highest BCUT2D eigenvalue weighted by Crippen LogP contribution is 2.30. The molecule has 0 aromatic heterocycles. The molecule has 2 rings (SSSR count). The van der Waals surface area contributed by atoms with Gasteiger partial charge in [0.15, 0.2) is 0 Å². The molecule has 2 saturated heterocycles. The largest absolute Gasteiger partial charge is 0.306 e. The fourth-order valence-electron chi connectivity index (χ4n) is 3.23. The minimum absolute atomic E-state index is 0.873. The van der Waals surface area contributed by atoms with E-state index in [1.165, 1.54) is 45.6 Å². The van der Waals surface area contributed by atoms with Crippen molar-refractivity contribution in [3.63, 3.8) is 0 Å². The molecule has 2 nitrogen and oxygen atoms in total. The van der Waals surface area contributed by atoms with E-state index in [1.807, 2.05) is 0 Å². The van der Waals surface area contributed by atoms with E-state index in [1.54, 1.807) is 0 Å². The molecule has 0 aliphatic carbocycles. The minimum Gasteiger partial charge on any atom is -0.306 e. The van der Waals surface area contributed by atoms with E-state index >= 15 is 0 Å². The fourth-order valence-corrected chi connectivity index (χ4v) is 3.23. The van der Waals surface area contributed by atoms with Crippen LogP contribution in [0.3, 0.4) is 0 Å². The van der Waals surface area contributed by atoms with Crippen molar-refractivity contribution < 1.29 is 0 Å². The summed E-state index contributed by atoms with van der Waals surface area (Å²) in [6.45, 7) is 11.4. The van der Waals surface area contributed by atoms with Gasteiger partial charge < -0.3 is 9.80 Å². The van der Waals surface area contributed by atoms with Gasteiger partial charge in [0, 0.05) is 26.2 Å². The van der Waals surface area contributed by atoms with Crippen LogP contribution in [0, 0.1) is 17.8 Å². The summed E-state index contributed by atoms with van der Waals surface area (Å²) in [4.78, 5) is 5.20. The Bertz CT molecular complexity index is 189. The summed E-state index contributed by atoms with van der Waals surface area (Å²) < 4.78 is 0. The van der Waals surface area contributed by atoms with E-state index in [9.17, 15) is 0 Å². The highest BCUT2D eigenvalue weighted by molar-refractivity contribution is 4.91. The first-order valence-corrected chi connectivity index (χ1v) is 6.56. The van der Waals surface area contributed by atoms with Crippen LogP contribution in [0.4, 0.5) is 0 Å². The molecule has 2 aliphatic heterocycles. The quantitative estimate of drug-likeness (QED) is 0.699. The smallest absolute Gasteiger partial charge is 0.00256 e. The second-order valence-electron chi connectivity index (χ2n) is 6.04. The number of hydrogen-bond donors (Lipinski definition) is 0. The molecule has 0 spiro atoms. The van der Waals surface area contributed by atoms with Crippen LogP contribution in [0.1, 0.15) is 26.7 Å². The van der Waals surface area contributed by atoms with Gasteiger partial charge in [-0.2, -0.15) is 0 Å². The summed E-state index contributed by atoms with van der Waals surface area (Å²) >= 11 is 0. The van der Waals surface area contributed by atoms with Crippen molar-refractivity contribution in [2.24, 2.45) is 17.8 Å². The molecule has 0 radical (unpaired) electrons. The average molecular weight is 210 g/mol. The van der Waals surface area contributed by atoms with Gasteiger partial charge in [-0.25, -0.2) is 0 Å². The maximum atomic E-state index is 2.70. The molecule has 2 fully saturated rings. The Morgan fingerprint density at radius 3 is 2.20 bits per heavy atom. The van der Waals surface area contributed by atoms with Crippen molar-refractivity contribution in [2.45, 2.75) is 26.7 Å². The summed E-state index contributed by atoms with van der Waals surface area (Å²) in [7, 11) is 2.27. The summed E-state index contributed by atoms with van der Waals surface area (Å²) in [5.41, 5.74) is 0. The molecule has 88 valence electrons. The summed E-state index contributed by atoms with van der Waals surface area (Å²) in [6, 6.07) is 0. The lowest BCUT2D eigenvalue weighted by Crippen LogP contribution is -2.27. The third kappa shape index (κ3) is 2.94. The van der Waals surface area contributed by atoms with Gasteiger partial charge in [0.2, 0.25) is 0 Å². The number of nitrogens with zero attached hydrogens (tertiary/aromatic N) is 2. The molecule has 2 unspecified atom stereocenters. The molecular weight excluding hydrogens is 184 g/mol. The molecule has 0 amide bonds. The Morgan fingerprint density at radius 2 is 1.67 bits per heavy atom. The molecule has 2 atom stereocenters. The van der Waals surface area contributed by atoms with Crippen LogP contribution < -0.4 is 0 Å². The van der Waals surface area contributed by atoms with E-state index < -0.39 is 0 Å². The van der Waals surface area contributed by atoms with Gasteiger partial charge in [-0.3, -0.25) is 0 Å². The second kappa shape index (κ2) is 4.84. The van der Waals surface area contributed by atoms with Gasteiger partial charge in [-0.05, 0) is 44.2 Å². The van der Waals surface area contributed by atoms with Crippen LogP contribution in [0.25, 0.3) is 0 Å². The van der Waals surface area contributed by atoms with Crippen molar-refractivity contribution in [1.82, 2.24) is 9.80 Å². The SMILES string of the molecule is CC(C)CCCN1CC2CN(C)CC2C1. The van der Waals surface area contributed by atoms with Crippen LogP contribution in [-0.2, 0) is 0 Å². The predicted molar refractivity (Wildman–Crippen MR) is 65.0 cm³/mol. The lowest BCUT2D eigenvalue weighted by atomic mass is 10.0. The average Bonchev–Trinajstić information content (AvgIpc) is 2.60. The monoisotopic (exact) mass is 210 g/mol. The first kappa shape index (κ1) is 11.4. The molecule has 0 bridgehead atoms. The van der Waals surface area contributed by atoms with Crippen molar-refractivity contribution in [3.05, 3.63) is 0 Å². The molecule has 0 aromatic carbocycles. The Kier molecular flexibility index (Phi) is 3.68. The molecule has 0 aromatic rings. The van der Waals surface area contributed by atoms with Gasteiger partial charge in [0.05, 0.1) is 0 Å². The molecule has 2 aliphatic rings. The summed E-state index contributed by atoms with van der Waals surface area (Å²) in [5, 5.41) is 0. The Morgan fingerprint density at radius 1 is 1.07 bits per heavy atom. The number of likely N-dealkylation sites (tertiary alicyclic amines) is 2. The standard InChI is InChI=1S/C13H26N2/c1-11(2)5-4-6-15-9-12-7-14(3)8-13(12)10-15/h11-13H,4-10H2,1-3H3. The summed E-state index contributed by atoms with van der Waals surface area (Å²) in [5.74, 6) is 2.83. The molecule has 2 heterocycles. The van der Waals surface area contributed by atoms with Gasteiger partial charge in [-0.15, -0.1) is 0 Å². The highest BCUT2D eigenvalue weighted by Gasteiger charge is 2.37. The lowest BCUT2D eigenvalue weighted by molar-refractivity contribution is 0.270. The van der Waals surface area contributed by atoms with E-state index in [0.29, 0.717) is 0 Å². The third-order valence-corrected chi connectivity index (χ3v) is 4.00. The van der Waals surface area contributed by atoms with Gasteiger partial charge in [-0.1, -0.05) is 13.8 Å². The second-order valence-corrected chi connectivity index (χ2v) is 6.04. The van der Waals surface area contributed by atoms with E-state index in [0.717, 1.165) is 17.8 Å². The topological polar surface area (TPSA) is 6.48 Å². The molecule has 0 saturated carbocycles. The fraction of sp³-hybridized carbons (Fsp3) is 1.00. The zero-order valence-corrected chi connectivity index (χ0v) is 10.6. The van der Waals surface area contributed by atoms with Crippen LogP contribution in [-0.4, -0.2) is 49.6 Å². The van der Waals surface area contributed by atoms with Gasteiger partial charge in [0.1, 0.15) is 0 Å².